The van der Waals surface area contributed by atoms with Gasteiger partial charge >= 0.3 is 0 Å². The second-order valence-electron chi connectivity index (χ2n) is 4.96. The van der Waals surface area contributed by atoms with E-state index in [2.05, 4.69) is 60.5 Å². The molecule has 0 spiro atoms. The third-order valence-electron chi connectivity index (χ3n) is 3.61. The van der Waals surface area contributed by atoms with Crippen LogP contribution in [0.1, 0.15) is 12.8 Å². The van der Waals surface area contributed by atoms with Crippen molar-refractivity contribution in [3.63, 3.8) is 0 Å². The summed E-state index contributed by atoms with van der Waals surface area (Å²) in [6.45, 7) is 2.31. The molecule has 0 aromatic heterocycles. The Bertz CT molecular complexity index is 354. The fraction of sp³-hybridized carbons (Fsp3) is 0.571. The molecular weight excluding hydrogens is 210 g/mol. The molecule has 0 radical (unpaired) electrons. The molecule has 0 saturated carbocycles. The summed E-state index contributed by atoms with van der Waals surface area (Å²) in [4.78, 5) is 4.64. The summed E-state index contributed by atoms with van der Waals surface area (Å²) in [5.41, 5.74) is 2.63. The molecule has 1 aliphatic rings. The lowest BCUT2D eigenvalue weighted by molar-refractivity contribution is 0.442. The van der Waals surface area contributed by atoms with Gasteiger partial charge in [0.15, 0.2) is 0 Å². The highest BCUT2D eigenvalue weighted by atomic mass is 15.1. The molecule has 1 aromatic rings. The van der Waals surface area contributed by atoms with Gasteiger partial charge in [0.25, 0.3) is 0 Å². The van der Waals surface area contributed by atoms with Gasteiger partial charge < -0.3 is 15.1 Å². The number of hydrogen-bond acceptors (Lipinski definition) is 3. The Morgan fingerprint density at radius 2 is 1.94 bits per heavy atom. The normalized spacial score (nSPS) is 17.2. The van der Waals surface area contributed by atoms with Gasteiger partial charge in [-0.3, -0.25) is 0 Å². The van der Waals surface area contributed by atoms with E-state index < -0.39 is 0 Å². The summed E-state index contributed by atoms with van der Waals surface area (Å²) in [6.07, 6.45) is 2.48. The molecule has 1 aromatic carbocycles. The van der Waals surface area contributed by atoms with Crippen molar-refractivity contribution in [2.75, 3.05) is 44.0 Å². The summed E-state index contributed by atoms with van der Waals surface area (Å²) in [5.74, 6) is 0. The molecule has 94 valence electrons. The van der Waals surface area contributed by atoms with Crippen molar-refractivity contribution in [2.45, 2.75) is 18.9 Å². The second-order valence-corrected chi connectivity index (χ2v) is 4.96. The molecule has 17 heavy (non-hydrogen) atoms. The van der Waals surface area contributed by atoms with E-state index >= 15 is 0 Å². The van der Waals surface area contributed by atoms with Gasteiger partial charge in [-0.1, -0.05) is 6.07 Å². The number of anilines is 2. The minimum absolute atomic E-state index is 0.697. The zero-order valence-corrected chi connectivity index (χ0v) is 11.1. The van der Waals surface area contributed by atoms with Crippen LogP contribution >= 0.6 is 0 Å². The molecule has 0 amide bonds. The van der Waals surface area contributed by atoms with E-state index in [0.717, 1.165) is 13.1 Å². The fourth-order valence-electron chi connectivity index (χ4n) is 2.39. The number of nitrogens with zero attached hydrogens (tertiary/aromatic N) is 2. The number of benzene rings is 1. The molecule has 0 bridgehead atoms. The molecule has 0 atom stereocenters. The molecule has 3 nitrogen and oxygen atoms in total. The summed E-state index contributed by atoms with van der Waals surface area (Å²) >= 11 is 0. The molecule has 1 fully saturated rings. The van der Waals surface area contributed by atoms with Gasteiger partial charge in [-0.25, -0.2) is 0 Å². The first-order valence-electron chi connectivity index (χ1n) is 6.40. The van der Waals surface area contributed by atoms with Gasteiger partial charge in [0.1, 0.15) is 0 Å². The van der Waals surface area contributed by atoms with E-state index in [1.54, 1.807) is 0 Å². The van der Waals surface area contributed by atoms with Crippen LogP contribution in [-0.2, 0) is 0 Å². The molecule has 1 heterocycles. The van der Waals surface area contributed by atoms with Crippen LogP contribution in [0.4, 0.5) is 11.4 Å². The Balaban J connectivity index is 2.05. The third kappa shape index (κ3) is 2.91. The van der Waals surface area contributed by atoms with E-state index in [1.165, 1.54) is 24.2 Å². The maximum absolute atomic E-state index is 3.37. The van der Waals surface area contributed by atoms with E-state index in [1.807, 2.05) is 0 Å². The van der Waals surface area contributed by atoms with Crippen molar-refractivity contribution in [2.24, 2.45) is 0 Å². The summed E-state index contributed by atoms with van der Waals surface area (Å²) < 4.78 is 0. The maximum Gasteiger partial charge on any atom is 0.0386 e. The third-order valence-corrected chi connectivity index (χ3v) is 3.61. The molecule has 1 N–H and O–H groups in total. The quantitative estimate of drug-likeness (QED) is 0.861. The van der Waals surface area contributed by atoms with Crippen LogP contribution in [0.2, 0.25) is 0 Å². The predicted octanol–water partition coefficient (Wildman–Crippen LogP) is 1.94. The van der Waals surface area contributed by atoms with Crippen molar-refractivity contribution >= 4 is 11.4 Å². The first kappa shape index (κ1) is 12.2. The molecule has 3 heteroatoms. The molecule has 2 rings (SSSR count). The van der Waals surface area contributed by atoms with Crippen molar-refractivity contribution < 1.29 is 0 Å². The topological polar surface area (TPSA) is 18.5 Å². The number of rotatable bonds is 3. The minimum atomic E-state index is 0.697. The van der Waals surface area contributed by atoms with Gasteiger partial charge in [0.05, 0.1) is 0 Å². The standard InChI is InChI=1S/C14H23N3/c1-15-12-7-9-17(10-8-12)14-6-4-5-13(11-14)16(2)3/h4-6,11-12,15H,7-10H2,1-3H3. The zero-order valence-electron chi connectivity index (χ0n) is 11.1. The highest BCUT2D eigenvalue weighted by Gasteiger charge is 2.17. The number of hydrogen-bond donors (Lipinski definition) is 1. The summed E-state index contributed by atoms with van der Waals surface area (Å²) in [6, 6.07) is 9.49. The lowest BCUT2D eigenvalue weighted by Gasteiger charge is -2.34. The molecule has 0 unspecified atom stereocenters. The highest BCUT2D eigenvalue weighted by molar-refractivity contribution is 5.59. The highest BCUT2D eigenvalue weighted by Crippen LogP contribution is 2.24. The van der Waals surface area contributed by atoms with Crippen molar-refractivity contribution in [1.29, 1.82) is 0 Å². The van der Waals surface area contributed by atoms with E-state index in [0.29, 0.717) is 6.04 Å². The van der Waals surface area contributed by atoms with Gasteiger partial charge in [-0.15, -0.1) is 0 Å². The van der Waals surface area contributed by atoms with Crippen molar-refractivity contribution in [3.8, 4) is 0 Å². The smallest absolute Gasteiger partial charge is 0.0386 e. The van der Waals surface area contributed by atoms with E-state index in [-0.39, 0.29) is 0 Å². The SMILES string of the molecule is CNC1CCN(c2cccc(N(C)C)c2)CC1. The lowest BCUT2D eigenvalue weighted by atomic mass is 10.0. The lowest BCUT2D eigenvalue weighted by Crippen LogP contribution is -2.41. The van der Waals surface area contributed by atoms with E-state index in [4.69, 9.17) is 0 Å². The Labute approximate surface area is 104 Å². The van der Waals surface area contributed by atoms with Gasteiger partial charge in [0, 0.05) is 44.6 Å². The van der Waals surface area contributed by atoms with Crippen LogP contribution in [0.15, 0.2) is 24.3 Å². The maximum atomic E-state index is 3.37. The Morgan fingerprint density at radius 1 is 1.24 bits per heavy atom. The van der Waals surface area contributed by atoms with Crippen LogP contribution in [0.25, 0.3) is 0 Å². The van der Waals surface area contributed by atoms with Gasteiger partial charge in [0.2, 0.25) is 0 Å². The Kier molecular flexibility index (Phi) is 3.89. The molecule has 1 aliphatic heterocycles. The zero-order chi connectivity index (χ0) is 12.3. The van der Waals surface area contributed by atoms with Crippen LogP contribution in [0.5, 0.6) is 0 Å². The van der Waals surface area contributed by atoms with Crippen LogP contribution < -0.4 is 15.1 Å². The van der Waals surface area contributed by atoms with Crippen LogP contribution in [-0.4, -0.2) is 40.3 Å². The minimum Gasteiger partial charge on any atom is -0.378 e. The Hall–Kier alpha value is -1.22. The monoisotopic (exact) mass is 233 g/mol. The first-order chi connectivity index (χ1) is 8.20. The first-order valence-corrected chi connectivity index (χ1v) is 6.40. The molecule has 0 aliphatic carbocycles. The van der Waals surface area contributed by atoms with Gasteiger partial charge in [-0.05, 0) is 38.1 Å². The summed E-state index contributed by atoms with van der Waals surface area (Å²) in [5, 5.41) is 3.37. The average molecular weight is 233 g/mol. The predicted molar refractivity (Wildman–Crippen MR) is 75.1 cm³/mol. The molecular formula is C14H23N3. The van der Waals surface area contributed by atoms with Crippen molar-refractivity contribution in [3.05, 3.63) is 24.3 Å². The van der Waals surface area contributed by atoms with Crippen LogP contribution in [0.3, 0.4) is 0 Å². The van der Waals surface area contributed by atoms with Crippen LogP contribution in [0, 0.1) is 0 Å². The van der Waals surface area contributed by atoms with E-state index in [9.17, 15) is 0 Å². The molecule has 1 saturated heterocycles. The van der Waals surface area contributed by atoms with Gasteiger partial charge in [-0.2, -0.15) is 0 Å². The number of piperidine rings is 1. The largest absolute Gasteiger partial charge is 0.378 e. The van der Waals surface area contributed by atoms with Crippen molar-refractivity contribution in [1.82, 2.24) is 5.32 Å². The average Bonchev–Trinajstić information content (AvgIpc) is 2.39. The Morgan fingerprint density at radius 3 is 2.53 bits per heavy atom. The fourth-order valence-corrected chi connectivity index (χ4v) is 2.39. The second kappa shape index (κ2) is 5.41. The summed E-state index contributed by atoms with van der Waals surface area (Å²) in [7, 11) is 6.24. The number of nitrogens with one attached hydrogen (secondary N) is 1.